The van der Waals surface area contributed by atoms with Crippen LogP contribution in [0, 0.1) is 0 Å². The fraction of sp³-hybridized carbons (Fsp3) is 0.333. The molecule has 3 heterocycles. The van der Waals surface area contributed by atoms with Gasteiger partial charge in [0.1, 0.15) is 5.82 Å². The molecular formula is C21H22ClN5O2. The van der Waals surface area contributed by atoms with Crippen molar-refractivity contribution in [3.63, 3.8) is 0 Å². The first-order valence-corrected chi connectivity index (χ1v) is 10.1. The van der Waals surface area contributed by atoms with Gasteiger partial charge in [-0.3, -0.25) is 9.59 Å². The minimum absolute atomic E-state index is 0.155. The van der Waals surface area contributed by atoms with Crippen molar-refractivity contribution >= 4 is 34.1 Å². The molecule has 1 aromatic carbocycles. The van der Waals surface area contributed by atoms with E-state index in [0.717, 1.165) is 30.0 Å². The molecule has 0 bridgehead atoms. The van der Waals surface area contributed by atoms with Crippen LogP contribution in [0.3, 0.4) is 0 Å². The number of rotatable bonds is 5. The number of benzene rings is 1. The van der Waals surface area contributed by atoms with E-state index in [9.17, 15) is 9.59 Å². The summed E-state index contributed by atoms with van der Waals surface area (Å²) in [6.07, 6.45) is 3.45. The zero-order chi connectivity index (χ0) is 20.2. The molecule has 0 radical (unpaired) electrons. The highest BCUT2D eigenvalue weighted by atomic mass is 35.5. The number of carbonyl (C=O) groups excluding carboxylic acids is 1. The van der Waals surface area contributed by atoms with E-state index in [0.29, 0.717) is 42.8 Å². The smallest absolute Gasteiger partial charge is 0.272 e. The summed E-state index contributed by atoms with van der Waals surface area (Å²) in [5.74, 6) is 1.04. The molecule has 1 aliphatic heterocycles. The summed E-state index contributed by atoms with van der Waals surface area (Å²) in [6, 6.07) is 11.2. The summed E-state index contributed by atoms with van der Waals surface area (Å²) in [4.78, 5) is 32.9. The lowest BCUT2D eigenvalue weighted by Crippen LogP contribution is -2.49. The molecule has 2 aromatic heterocycles. The van der Waals surface area contributed by atoms with Crippen molar-refractivity contribution in [2.75, 3.05) is 31.1 Å². The Bertz CT molecular complexity index is 1060. The summed E-state index contributed by atoms with van der Waals surface area (Å²) in [5, 5.41) is 8.83. The number of anilines is 1. The monoisotopic (exact) mass is 411 g/mol. The summed E-state index contributed by atoms with van der Waals surface area (Å²) < 4.78 is 0. The molecule has 1 fully saturated rings. The largest absolute Gasteiger partial charge is 0.353 e. The number of hydrogen-bond acceptors (Lipinski definition) is 5. The average molecular weight is 412 g/mol. The average Bonchev–Trinajstić information content (AvgIpc) is 2.76. The minimum atomic E-state index is -0.187. The van der Waals surface area contributed by atoms with E-state index in [1.54, 1.807) is 12.3 Å². The number of carbonyl (C=O) groups is 1. The number of pyridine rings is 1. The number of aryl methyl sites for hydroxylation is 1. The van der Waals surface area contributed by atoms with Crippen LogP contribution in [-0.2, 0) is 11.2 Å². The number of nitrogens with one attached hydrogen (secondary N) is 1. The van der Waals surface area contributed by atoms with Gasteiger partial charge in [-0.15, -0.1) is 0 Å². The van der Waals surface area contributed by atoms with E-state index >= 15 is 0 Å². The minimum Gasteiger partial charge on any atom is -0.353 e. The molecule has 0 unspecified atom stereocenters. The first kappa shape index (κ1) is 19.4. The number of halogens is 1. The molecule has 0 saturated carbocycles. The Morgan fingerprint density at radius 3 is 2.55 bits per heavy atom. The van der Waals surface area contributed by atoms with Gasteiger partial charge in [0, 0.05) is 44.2 Å². The molecule has 4 rings (SSSR count). The fourth-order valence-electron chi connectivity index (χ4n) is 3.67. The van der Waals surface area contributed by atoms with E-state index in [2.05, 4.69) is 20.1 Å². The van der Waals surface area contributed by atoms with E-state index in [1.165, 1.54) is 0 Å². The van der Waals surface area contributed by atoms with Crippen molar-refractivity contribution in [2.45, 2.75) is 19.3 Å². The van der Waals surface area contributed by atoms with Crippen LogP contribution in [0.4, 0.5) is 5.82 Å². The molecule has 8 heteroatoms. The van der Waals surface area contributed by atoms with Gasteiger partial charge < -0.3 is 9.80 Å². The zero-order valence-corrected chi connectivity index (χ0v) is 16.7. The highest BCUT2D eigenvalue weighted by Crippen LogP contribution is 2.18. The van der Waals surface area contributed by atoms with Crippen LogP contribution in [0.2, 0.25) is 5.02 Å². The Labute approximate surface area is 173 Å². The Morgan fingerprint density at radius 2 is 1.83 bits per heavy atom. The Hall–Kier alpha value is -2.93. The van der Waals surface area contributed by atoms with Gasteiger partial charge in [0.05, 0.1) is 16.1 Å². The lowest BCUT2D eigenvalue weighted by atomic mass is 10.1. The maximum atomic E-state index is 12.6. The standard InChI is InChI=1S/C21H22ClN5O2/c22-15-8-9-19(23-14-15)26-10-12-27(13-11-26)20(28)7-3-6-18-16-4-1-2-5-17(16)21(29)25-24-18/h1-2,4-5,8-9,14H,3,6-7,10-13H2,(H,25,29). The summed E-state index contributed by atoms with van der Waals surface area (Å²) >= 11 is 5.89. The van der Waals surface area contributed by atoms with Gasteiger partial charge in [-0.2, -0.15) is 5.10 Å². The second kappa shape index (κ2) is 8.61. The molecule has 3 aromatic rings. The number of piperazine rings is 1. The van der Waals surface area contributed by atoms with Crippen LogP contribution in [0.15, 0.2) is 47.4 Å². The highest BCUT2D eigenvalue weighted by Gasteiger charge is 2.21. The van der Waals surface area contributed by atoms with Crippen LogP contribution in [0.1, 0.15) is 18.5 Å². The third-order valence-corrected chi connectivity index (χ3v) is 5.47. The third kappa shape index (κ3) is 4.40. The lowest BCUT2D eigenvalue weighted by Gasteiger charge is -2.35. The lowest BCUT2D eigenvalue weighted by molar-refractivity contribution is -0.131. The van der Waals surface area contributed by atoms with Gasteiger partial charge >= 0.3 is 0 Å². The molecule has 0 spiro atoms. The Kier molecular flexibility index (Phi) is 5.76. The molecule has 1 N–H and O–H groups in total. The van der Waals surface area contributed by atoms with Gasteiger partial charge in [0.25, 0.3) is 5.56 Å². The van der Waals surface area contributed by atoms with E-state index in [-0.39, 0.29) is 11.5 Å². The number of amides is 1. The zero-order valence-electron chi connectivity index (χ0n) is 16.0. The molecule has 0 atom stereocenters. The van der Waals surface area contributed by atoms with Gasteiger partial charge in [0.15, 0.2) is 0 Å². The van der Waals surface area contributed by atoms with Crippen molar-refractivity contribution < 1.29 is 4.79 Å². The second-order valence-corrected chi connectivity index (χ2v) is 7.54. The van der Waals surface area contributed by atoms with Crippen LogP contribution in [0.5, 0.6) is 0 Å². The van der Waals surface area contributed by atoms with Crippen LogP contribution >= 0.6 is 11.6 Å². The van der Waals surface area contributed by atoms with Crippen molar-refractivity contribution in [1.82, 2.24) is 20.1 Å². The maximum Gasteiger partial charge on any atom is 0.272 e. The molecule has 1 saturated heterocycles. The van der Waals surface area contributed by atoms with Crippen LogP contribution in [-0.4, -0.2) is 52.2 Å². The quantitative estimate of drug-likeness (QED) is 0.697. The molecule has 150 valence electrons. The molecule has 0 aliphatic carbocycles. The predicted octanol–water partition coefficient (Wildman–Crippen LogP) is 2.64. The normalized spacial score (nSPS) is 14.4. The topological polar surface area (TPSA) is 82.2 Å². The number of nitrogens with zero attached hydrogens (tertiary/aromatic N) is 4. The van der Waals surface area contributed by atoms with E-state index in [4.69, 9.17) is 11.6 Å². The summed E-state index contributed by atoms with van der Waals surface area (Å²) in [7, 11) is 0. The third-order valence-electron chi connectivity index (χ3n) is 5.25. The highest BCUT2D eigenvalue weighted by molar-refractivity contribution is 6.30. The summed E-state index contributed by atoms with van der Waals surface area (Å²) in [6.45, 7) is 2.88. The van der Waals surface area contributed by atoms with Gasteiger partial charge in [-0.1, -0.05) is 29.8 Å². The fourth-order valence-corrected chi connectivity index (χ4v) is 3.78. The Balaban J connectivity index is 1.29. The van der Waals surface area contributed by atoms with Crippen molar-refractivity contribution in [3.05, 3.63) is 63.7 Å². The van der Waals surface area contributed by atoms with Crippen molar-refractivity contribution in [1.29, 1.82) is 0 Å². The number of aromatic amines is 1. The van der Waals surface area contributed by atoms with Gasteiger partial charge in [0.2, 0.25) is 5.91 Å². The number of aromatic nitrogens is 3. The Morgan fingerprint density at radius 1 is 1.07 bits per heavy atom. The molecule has 1 amide bonds. The number of hydrogen-bond donors (Lipinski definition) is 1. The van der Waals surface area contributed by atoms with E-state index < -0.39 is 0 Å². The molecule has 29 heavy (non-hydrogen) atoms. The summed E-state index contributed by atoms with van der Waals surface area (Å²) in [5.41, 5.74) is 0.639. The van der Waals surface area contributed by atoms with Crippen molar-refractivity contribution in [3.8, 4) is 0 Å². The van der Waals surface area contributed by atoms with Gasteiger partial charge in [-0.05, 0) is 31.0 Å². The maximum absolute atomic E-state index is 12.6. The number of fused-ring (bicyclic) bond motifs is 1. The number of H-pyrrole nitrogens is 1. The SMILES string of the molecule is O=C(CCCc1n[nH]c(=O)c2ccccc12)N1CCN(c2ccc(Cl)cn2)CC1. The van der Waals surface area contributed by atoms with Gasteiger partial charge in [-0.25, -0.2) is 10.1 Å². The first-order valence-electron chi connectivity index (χ1n) is 9.72. The molecule has 1 aliphatic rings. The molecular weight excluding hydrogens is 390 g/mol. The first-order chi connectivity index (χ1) is 14.1. The van der Waals surface area contributed by atoms with E-state index in [1.807, 2.05) is 35.2 Å². The van der Waals surface area contributed by atoms with Crippen LogP contribution in [0.25, 0.3) is 10.8 Å². The predicted molar refractivity (Wildman–Crippen MR) is 113 cm³/mol. The van der Waals surface area contributed by atoms with Crippen molar-refractivity contribution in [2.24, 2.45) is 0 Å². The second-order valence-electron chi connectivity index (χ2n) is 7.10. The molecule has 7 nitrogen and oxygen atoms in total. The van der Waals surface area contributed by atoms with Crippen LogP contribution < -0.4 is 10.5 Å².